The number of halogens is 1. The van der Waals surface area contributed by atoms with Crippen molar-refractivity contribution in [2.24, 2.45) is 11.8 Å². The third-order valence-electron chi connectivity index (χ3n) is 5.63. The molecule has 1 saturated heterocycles. The van der Waals surface area contributed by atoms with Crippen molar-refractivity contribution >= 4 is 5.97 Å². The molecule has 1 aromatic carbocycles. The standard InChI is InChI=1S/C21H23FN2O3/c1-21(2,20(25)26-3)13-8-17(12-4-6-14(22)7-5-12)24-18(9-13)27-19-15-10-23-11-16(15)19/h4-9,15-16,19,23H,10-11H2,1-3H3/t15-,16+,19-. The highest BCUT2D eigenvalue weighted by atomic mass is 19.1. The van der Waals surface area contributed by atoms with Crippen LogP contribution in [-0.2, 0) is 14.9 Å². The zero-order valence-electron chi connectivity index (χ0n) is 15.7. The number of pyridine rings is 1. The van der Waals surface area contributed by atoms with Crippen molar-refractivity contribution in [3.05, 3.63) is 47.8 Å². The van der Waals surface area contributed by atoms with Gasteiger partial charge in [-0.3, -0.25) is 4.79 Å². The predicted octanol–water partition coefficient (Wildman–Crippen LogP) is 2.93. The molecule has 2 aromatic rings. The second kappa shape index (κ2) is 6.60. The van der Waals surface area contributed by atoms with Gasteiger partial charge in [-0.2, -0.15) is 0 Å². The molecule has 0 unspecified atom stereocenters. The van der Waals surface area contributed by atoms with Crippen LogP contribution in [0.25, 0.3) is 11.3 Å². The Morgan fingerprint density at radius 3 is 2.48 bits per heavy atom. The minimum atomic E-state index is -0.856. The Morgan fingerprint density at radius 1 is 1.19 bits per heavy atom. The van der Waals surface area contributed by atoms with E-state index < -0.39 is 5.41 Å². The average molecular weight is 370 g/mol. The van der Waals surface area contributed by atoms with Gasteiger partial charge in [0, 0.05) is 36.6 Å². The molecule has 1 N–H and O–H groups in total. The van der Waals surface area contributed by atoms with Crippen LogP contribution >= 0.6 is 0 Å². The van der Waals surface area contributed by atoms with Gasteiger partial charge in [-0.05, 0) is 49.7 Å². The highest BCUT2D eigenvalue weighted by molar-refractivity contribution is 5.82. The van der Waals surface area contributed by atoms with E-state index in [1.165, 1.54) is 19.2 Å². The fourth-order valence-corrected chi connectivity index (χ4v) is 3.74. The lowest BCUT2D eigenvalue weighted by molar-refractivity contribution is -0.146. The van der Waals surface area contributed by atoms with Crippen molar-refractivity contribution in [2.45, 2.75) is 25.4 Å². The molecule has 1 aliphatic carbocycles. The number of methoxy groups -OCH3 is 1. The first kappa shape index (κ1) is 17.9. The Labute approximate surface area is 157 Å². The number of rotatable bonds is 5. The van der Waals surface area contributed by atoms with E-state index >= 15 is 0 Å². The van der Waals surface area contributed by atoms with Gasteiger partial charge in [0.15, 0.2) is 0 Å². The van der Waals surface area contributed by atoms with E-state index in [1.807, 2.05) is 26.0 Å². The highest BCUT2D eigenvalue weighted by Crippen LogP contribution is 2.45. The zero-order valence-corrected chi connectivity index (χ0v) is 15.7. The Bertz CT molecular complexity index is 856. The average Bonchev–Trinajstić information content (AvgIpc) is 3.08. The van der Waals surface area contributed by atoms with Crippen molar-refractivity contribution in [1.82, 2.24) is 10.3 Å². The quantitative estimate of drug-likeness (QED) is 0.820. The lowest BCUT2D eigenvalue weighted by Gasteiger charge is -2.23. The van der Waals surface area contributed by atoms with E-state index in [1.54, 1.807) is 12.1 Å². The Balaban J connectivity index is 1.71. The summed E-state index contributed by atoms with van der Waals surface area (Å²) in [5, 5.41) is 3.34. The molecule has 0 bridgehead atoms. The fraction of sp³-hybridized carbons (Fsp3) is 0.429. The number of esters is 1. The van der Waals surface area contributed by atoms with Crippen LogP contribution in [0, 0.1) is 17.7 Å². The van der Waals surface area contributed by atoms with Crippen molar-refractivity contribution in [1.29, 1.82) is 0 Å². The molecular weight excluding hydrogens is 347 g/mol. The lowest BCUT2D eigenvalue weighted by atomic mass is 9.84. The van der Waals surface area contributed by atoms with Gasteiger partial charge < -0.3 is 14.8 Å². The summed E-state index contributed by atoms with van der Waals surface area (Å²) >= 11 is 0. The van der Waals surface area contributed by atoms with Crippen LogP contribution in [0.5, 0.6) is 5.88 Å². The molecule has 1 saturated carbocycles. The first-order chi connectivity index (χ1) is 12.9. The Morgan fingerprint density at radius 2 is 1.85 bits per heavy atom. The van der Waals surface area contributed by atoms with E-state index in [2.05, 4.69) is 10.3 Å². The second-order valence-electron chi connectivity index (χ2n) is 7.77. The third-order valence-corrected chi connectivity index (χ3v) is 5.63. The van der Waals surface area contributed by atoms with Crippen molar-refractivity contribution in [2.75, 3.05) is 20.2 Å². The summed E-state index contributed by atoms with van der Waals surface area (Å²) in [5.41, 5.74) is 1.30. The summed E-state index contributed by atoms with van der Waals surface area (Å²) in [6.45, 7) is 5.55. The SMILES string of the molecule is COC(=O)C(C)(C)c1cc(O[C@@H]2[C@@H]3CNC[C@@H]32)nc(-c2ccc(F)cc2)c1. The molecule has 5 nitrogen and oxygen atoms in total. The van der Waals surface area contributed by atoms with E-state index in [4.69, 9.17) is 9.47 Å². The smallest absolute Gasteiger partial charge is 0.315 e. The number of nitrogens with one attached hydrogen (secondary N) is 1. The highest BCUT2D eigenvalue weighted by Gasteiger charge is 2.55. The fourth-order valence-electron chi connectivity index (χ4n) is 3.74. The van der Waals surface area contributed by atoms with E-state index in [9.17, 15) is 9.18 Å². The van der Waals surface area contributed by atoms with Gasteiger partial charge in [-0.1, -0.05) is 0 Å². The first-order valence-electron chi connectivity index (χ1n) is 9.14. The first-order valence-corrected chi connectivity index (χ1v) is 9.14. The Kier molecular flexibility index (Phi) is 4.38. The minimum Gasteiger partial charge on any atom is -0.474 e. The molecule has 2 heterocycles. The number of aromatic nitrogens is 1. The van der Waals surface area contributed by atoms with Gasteiger partial charge in [-0.25, -0.2) is 9.37 Å². The second-order valence-corrected chi connectivity index (χ2v) is 7.77. The number of carbonyl (C=O) groups is 1. The summed E-state index contributed by atoms with van der Waals surface area (Å²) in [6.07, 6.45) is 0.163. The molecule has 1 aliphatic heterocycles. The number of benzene rings is 1. The predicted molar refractivity (Wildman–Crippen MR) is 98.9 cm³/mol. The number of hydrogen-bond donors (Lipinski definition) is 1. The van der Waals surface area contributed by atoms with Crippen LogP contribution in [0.2, 0.25) is 0 Å². The number of hydrogen-bond acceptors (Lipinski definition) is 5. The summed E-state index contributed by atoms with van der Waals surface area (Å²) in [5.74, 6) is 0.900. The zero-order chi connectivity index (χ0) is 19.2. The molecule has 4 rings (SSSR count). The van der Waals surface area contributed by atoms with Crippen LogP contribution in [-0.4, -0.2) is 37.3 Å². The number of nitrogens with zero attached hydrogens (tertiary/aromatic N) is 1. The molecule has 1 aromatic heterocycles. The van der Waals surface area contributed by atoms with E-state index in [0.29, 0.717) is 23.4 Å². The van der Waals surface area contributed by atoms with Crippen molar-refractivity contribution in [3.63, 3.8) is 0 Å². The third kappa shape index (κ3) is 3.30. The lowest BCUT2D eigenvalue weighted by Crippen LogP contribution is -2.30. The van der Waals surface area contributed by atoms with Crippen molar-refractivity contribution in [3.8, 4) is 17.1 Å². The molecule has 0 amide bonds. The number of ether oxygens (including phenoxy) is 2. The summed E-state index contributed by atoms with van der Waals surface area (Å²) in [6, 6.07) is 9.79. The summed E-state index contributed by atoms with van der Waals surface area (Å²) in [7, 11) is 1.38. The van der Waals surface area contributed by atoms with Gasteiger partial charge in [0.05, 0.1) is 18.2 Å². The van der Waals surface area contributed by atoms with Gasteiger partial charge in [0.25, 0.3) is 0 Å². The number of fused-ring (bicyclic) bond motifs is 1. The maximum absolute atomic E-state index is 13.3. The topological polar surface area (TPSA) is 60.5 Å². The van der Waals surface area contributed by atoms with Gasteiger partial charge in [0.1, 0.15) is 11.9 Å². The van der Waals surface area contributed by atoms with E-state index in [-0.39, 0.29) is 17.9 Å². The molecule has 6 heteroatoms. The monoisotopic (exact) mass is 370 g/mol. The minimum absolute atomic E-state index is 0.163. The van der Waals surface area contributed by atoms with Crippen LogP contribution in [0.15, 0.2) is 36.4 Å². The Hall–Kier alpha value is -2.47. The number of carbonyl (C=O) groups excluding carboxylic acids is 1. The van der Waals surface area contributed by atoms with Crippen LogP contribution < -0.4 is 10.1 Å². The molecular formula is C21H23FN2O3. The molecule has 2 aliphatic rings. The maximum Gasteiger partial charge on any atom is 0.315 e. The summed E-state index contributed by atoms with van der Waals surface area (Å²) < 4.78 is 24.4. The molecule has 0 spiro atoms. The molecule has 0 radical (unpaired) electrons. The maximum atomic E-state index is 13.3. The van der Waals surface area contributed by atoms with Gasteiger partial charge in [0.2, 0.25) is 5.88 Å². The molecule has 2 fully saturated rings. The molecule has 3 atom stereocenters. The van der Waals surface area contributed by atoms with Gasteiger partial charge >= 0.3 is 5.97 Å². The van der Waals surface area contributed by atoms with Gasteiger partial charge in [-0.15, -0.1) is 0 Å². The number of piperidine rings is 1. The largest absolute Gasteiger partial charge is 0.474 e. The summed E-state index contributed by atoms with van der Waals surface area (Å²) in [4.78, 5) is 16.9. The van der Waals surface area contributed by atoms with Crippen molar-refractivity contribution < 1.29 is 18.7 Å². The molecule has 142 valence electrons. The normalized spacial score (nSPS) is 23.6. The molecule has 27 heavy (non-hydrogen) atoms. The van der Waals surface area contributed by atoms with Crippen LogP contribution in [0.3, 0.4) is 0 Å². The van der Waals surface area contributed by atoms with Crippen LogP contribution in [0.1, 0.15) is 19.4 Å². The van der Waals surface area contributed by atoms with E-state index in [0.717, 1.165) is 24.2 Å². The van der Waals surface area contributed by atoms with Crippen LogP contribution in [0.4, 0.5) is 4.39 Å².